The van der Waals surface area contributed by atoms with Crippen LogP contribution in [0.15, 0.2) is 29.3 Å². The van der Waals surface area contributed by atoms with Crippen LogP contribution in [0, 0.1) is 6.92 Å². The van der Waals surface area contributed by atoms with Crippen molar-refractivity contribution >= 4 is 41.7 Å². The fourth-order valence-electron chi connectivity index (χ4n) is 2.63. The Morgan fingerprint density at radius 3 is 2.83 bits per heavy atom. The largest absolute Gasteiger partial charge is 0.387 e. The third-order valence-corrected chi connectivity index (χ3v) is 5.38. The van der Waals surface area contributed by atoms with Crippen molar-refractivity contribution in [3.8, 4) is 0 Å². The van der Waals surface area contributed by atoms with Crippen LogP contribution < -0.4 is 10.6 Å². The Morgan fingerprint density at radius 2 is 2.21 bits per heavy atom. The summed E-state index contributed by atoms with van der Waals surface area (Å²) in [6.45, 7) is 8.50. The van der Waals surface area contributed by atoms with Crippen LogP contribution in [0.3, 0.4) is 0 Å². The summed E-state index contributed by atoms with van der Waals surface area (Å²) in [5.74, 6) is 3.01. The van der Waals surface area contributed by atoms with Crippen molar-refractivity contribution in [1.82, 2.24) is 10.6 Å². The molecule has 0 amide bonds. The van der Waals surface area contributed by atoms with Gasteiger partial charge in [-0.1, -0.05) is 36.8 Å². The number of rotatable bonds is 6. The minimum Gasteiger partial charge on any atom is -0.387 e. The number of hydrogen-bond donors (Lipinski definition) is 3. The first-order valence-electron chi connectivity index (χ1n) is 8.41. The molecule has 4 nitrogen and oxygen atoms in total. The lowest BCUT2D eigenvalue weighted by atomic mass is 9.99. The van der Waals surface area contributed by atoms with Gasteiger partial charge in [0.2, 0.25) is 0 Å². The van der Waals surface area contributed by atoms with E-state index in [-0.39, 0.29) is 24.0 Å². The van der Waals surface area contributed by atoms with Gasteiger partial charge in [0.05, 0.1) is 12.1 Å². The van der Waals surface area contributed by atoms with Crippen molar-refractivity contribution in [2.45, 2.75) is 38.7 Å². The molecule has 0 saturated carbocycles. The molecule has 1 fully saturated rings. The fourth-order valence-corrected chi connectivity index (χ4v) is 3.92. The zero-order valence-electron chi connectivity index (χ0n) is 14.8. The summed E-state index contributed by atoms with van der Waals surface area (Å²) in [5.41, 5.74) is 1.99. The monoisotopic (exact) mass is 463 g/mol. The molecule has 0 spiro atoms. The molecular formula is C18H30IN3OS. The van der Waals surface area contributed by atoms with Gasteiger partial charge in [0, 0.05) is 18.8 Å². The van der Waals surface area contributed by atoms with E-state index in [4.69, 9.17) is 0 Å². The number of nitrogens with zero attached hydrogens (tertiary/aromatic N) is 1. The van der Waals surface area contributed by atoms with Gasteiger partial charge in [0.1, 0.15) is 0 Å². The minimum atomic E-state index is -0.630. The molecule has 2 unspecified atom stereocenters. The summed E-state index contributed by atoms with van der Waals surface area (Å²) in [5, 5.41) is 17.1. The highest BCUT2D eigenvalue weighted by Crippen LogP contribution is 2.27. The smallest absolute Gasteiger partial charge is 0.191 e. The fraction of sp³-hybridized carbons (Fsp3) is 0.611. The molecule has 1 aliphatic heterocycles. The molecule has 1 heterocycles. The first-order chi connectivity index (χ1) is 11.0. The number of aliphatic imine (C=N–C) groups is 1. The van der Waals surface area contributed by atoms with Crippen molar-refractivity contribution < 1.29 is 5.11 Å². The zero-order chi connectivity index (χ0) is 16.7. The molecular weight excluding hydrogens is 433 g/mol. The minimum absolute atomic E-state index is 0. The van der Waals surface area contributed by atoms with E-state index in [1.807, 2.05) is 0 Å². The highest BCUT2D eigenvalue weighted by molar-refractivity contribution is 14.0. The van der Waals surface area contributed by atoms with E-state index >= 15 is 0 Å². The molecule has 0 radical (unpaired) electrons. The number of guanidine groups is 1. The van der Waals surface area contributed by atoms with Crippen LogP contribution >= 0.6 is 35.7 Å². The maximum absolute atomic E-state index is 10.4. The third-order valence-electron chi connectivity index (χ3n) is 4.15. The quantitative estimate of drug-likeness (QED) is 0.345. The number of hydrogen-bond acceptors (Lipinski definition) is 3. The number of aliphatic hydroxyl groups is 1. The van der Waals surface area contributed by atoms with Crippen LogP contribution in [0.2, 0.25) is 0 Å². The van der Waals surface area contributed by atoms with Gasteiger partial charge in [-0.3, -0.25) is 4.99 Å². The summed E-state index contributed by atoms with van der Waals surface area (Å²) < 4.78 is 0. The standard InChI is InChI=1S/C18H29N3OS.HI/c1-4-19-17(21-12-18(22)8-9-23-13-18)20-11-15(3)16-7-5-6-14(2)10-16;/h5-7,10,15,22H,4,8-9,11-13H2,1-3H3,(H2,19,20,21);1H. The van der Waals surface area contributed by atoms with E-state index in [9.17, 15) is 5.11 Å². The number of benzene rings is 1. The summed E-state index contributed by atoms with van der Waals surface area (Å²) >= 11 is 1.80. The van der Waals surface area contributed by atoms with E-state index in [0.717, 1.165) is 37.0 Å². The molecule has 1 aromatic rings. The predicted octanol–water partition coefficient (Wildman–Crippen LogP) is 3.14. The van der Waals surface area contributed by atoms with Crippen molar-refractivity contribution in [1.29, 1.82) is 0 Å². The van der Waals surface area contributed by atoms with Gasteiger partial charge in [0.25, 0.3) is 0 Å². The predicted molar refractivity (Wildman–Crippen MR) is 116 cm³/mol. The second-order valence-electron chi connectivity index (χ2n) is 6.42. The highest BCUT2D eigenvalue weighted by Gasteiger charge is 2.31. The topological polar surface area (TPSA) is 56.7 Å². The van der Waals surface area contributed by atoms with E-state index in [2.05, 4.69) is 60.7 Å². The maximum Gasteiger partial charge on any atom is 0.191 e. The molecule has 1 saturated heterocycles. The summed E-state index contributed by atoms with van der Waals surface area (Å²) in [7, 11) is 0. The Labute approximate surface area is 167 Å². The van der Waals surface area contributed by atoms with Gasteiger partial charge >= 0.3 is 0 Å². The Balaban J connectivity index is 0.00000288. The molecule has 2 atom stereocenters. The maximum atomic E-state index is 10.4. The van der Waals surface area contributed by atoms with Gasteiger partial charge in [-0.05, 0) is 37.5 Å². The third kappa shape index (κ3) is 6.80. The lowest BCUT2D eigenvalue weighted by Crippen LogP contribution is -2.41. The lowest BCUT2D eigenvalue weighted by molar-refractivity contribution is 0.0778. The second kappa shape index (κ2) is 10.5. The molecule has 1 aliphatic rings. The summed E-state index contributed by atoms with van der Waals surface area (Å²) in [4.78, 5) is 4.58. The van der Waals surface area contributed by atoms with Crippen LogP contribution in [0.1, 0.15) is 37.3 Å². The van der Waals surface area contributed by atoms with Gasteiger partial charge in [-0.2, -0.15) is 11.8 Å². The highest BCUT2D eigenvalue weighted by atomic mass is 127. The number of thioether (sulfide) groups is 1. The van der Waals surface area contributed by atoms with Gasteiger partial charge in [0.15, 0.2) is 5.96 Å². The van der Waals surface area contributed by atoms with Gasteiger partial charge in [-0.15, -0.1) is 24.0 Å². The second-order valence-corrected chi connectivity index (χ2v) is 7.52. The van der Waals surface area contributed by atoms with E-state index in [1.54, 1.807) is 11.8 Å². The molecule has 0 aliphatic carbocycles. The Bertz CT molecular complexity index is 533. The van der Waals surface area contributed by atoms with Crippen LogP contribution in [-0.4, -0.2) is 47.8 Å². The Kier molecular flexibility index (Phi) is 9.44. The molecule has 2 rings (SSSR count). The number of halogens is 1. The number of nitrogens with one attached hydrogen (secondary N) is 2. The first-order valence-corrected chi connectivity index (χ1v) is 9.57. The van der Waals surface area contributed by atoms with Crippen molar-refractivity contribution in [2.75, 3.05) is 31.1 Å². The van der Waals surface area contributed by atoms with Crippen LogP contribution in [0.5, 0.6) is 0 Å². The average Bonchev–Trinajstić information content (AvgIpc) is 2.97. The number of aryl methyl sites for hydroxylation is 1. The summed E-state index contributed by atoms with van der Waals surface area (Å²) in [6, 6.07) is 8.62. The van der Waals surface area contributed by atoms with E-state index in [0.29, 0.717) is 12.5 Å². The first kappa shape index (κ1) is 21.6. The van der Waals surface area contributed by atoms with Crippen LogP contribution in [-0.2, 0) is 0 Å². The van der Waals surface area contributed by atoms with E-state index in [1.165, 1.54) is 11.1 Å². The Hall–Kier alpha value is -0.470. The molecule has 0 bridgehead atoms. The van der Waals surface area contributed by atoms with Gasteiger partial charge < -0.3 is 15.7 Å². The van der Waals surface area contributed by atoms with E-state index < -0.39 is 5.60 Å². The Morgan fingerprint density at radius 1 is 1.42 bits per heavy atom. The molecule has 3 N–H and O–H groups in total. The molecule has 6 heteroatoms. The SMILES string of the molecule is CCNC(=NCC1(O)CCSC1)NCC(C)c1cccc(C)c1.I. The van der Waals surface area contributed by atoms with Crippen LogP contribution in [0.25, 0.3) is 0 Å². The van der Waals surface area contributed by atoms with Crippen LogP contribution in [0.4, 0.5) is 0 Å². The zero-order valence-corrected chi connectivity index (χ0v) is 18.0. The molecule has 0 aromatic heterocycles. The van der Waals surface area contributed by atoms with Crippen molar-refractivity contribution in [3.05, 3.63) is 35.4 Å². The van der Waals surface area contributed by atoms with Gasteiger partial charge in [-0.25, -0.2) is 0 Å². The van der Waals surface area contributed by atoms with Crippen molar-refractivity contribution in [3.63, 3.8) is 0 Å². The molecule has 1 aromatic carbocycles. The molecule has 24 heavy (non-hydrogen) atoms. The summed E-state index contributed by atoms with van der Waals surface area (Å²) in [6.07, 6.45) is 0.834. The van der Waals surface area contributed by atoms with Crippen molar-refractivity contribution in [2.24, 2.45) is 4.99 Å². The lowest BCUT2D eigenvalue weighted by Gasteiger charge is -2.21. The molecule has 136 valence electrons. The average molecular weight is 463 g/mol. The normalized spacial score (nSPS) is 21.9.